The van der Waals surface area contributed by atoms with Crippen molar-refractivity contribution < 1.29 is 203 Å². The third kappa shape index (κ3) is 17.3. The zero-order valence-corrected chi connectivity index (χ0v) is 52.5. The molecule has 44 nitrogen and oxygen atoms in total. The zero-order chi connectivity index (χ0) is 73.1. The van der Waals surface area contributed by atoms with Gasteiger partial charge in [-0.3, -0.25) is 14.4 Å². The van der Waals surface area contributed by atoms with Gasteiger partial charge in [0.2, 0.25) is 17.7 Å². The average molecular weight is 1440 g/mol. The Morgan fingerprint density at radius 2 is 0.888 bits per heavy atom. The first-order valence-corrected chi connectivity index (χ1v) is 30.7. The first-order valence-electron chi connectivity index (χ1n) is 30.7. The molecule has 0 aromatic heterocycles. The topological polar surface area (TPSA) is 707 Å². The molecule has 7 heterocycles. The molecule has 26 N–H and O–H groups in total. The Balaban J connectivity index is 1.32. The molecule has 0 spiro atoms. The number of amides is 3. The lowest BCUT2D eigenvalue weighted by atomic mass is 9.87. The predicted molar refractivity (Wildman–Crippen MR) is 300 cm³/mol. The van der Waals surface area contributed by atoms with Crippen molar-refractivity contribution in [2.24, 2.45) is 0 Å². The van der Waals surface area contributed by atoms with E-state index in [0.29, 0.717) is 0 Å². The number of aliphatic hydroxyl groups is 21. The van der Waals surface area contributed by atoms with E-state index in [9.17, 15) is 141 Å². The Kier molecular flexibility index (Phi) is 28.3. The second-order valence-electron chi connectivity index (χ2n) is 24.6. The van der Waals surface area contributed by atoms with Gasteiger partial charge in [-0.1, -0.05) is 0 Å². The Morgan fingerprint density at radius 1 is 0.439 bits per heavy atom. The molecular weight excluding hydrogens is 1350 g/mol. The molecule has 44 heteroatoms. The van der Waals surface area contributed by atoms with Crippen LogP contribution in [0.5, 0.6) is 0 Å². The van der Waals surface area contributed by atoms with Crippen LogP contribution < -0.4 is 16.0 Å². The number of carboxylic acids is 2. The van der Waals surface area contributed by atoms with Gasteiger partial charge in [-0.25, -0.2) is 9.59 Å². The molecule has 0 aromatic rings. The summed E-state index contributed by atoms with van der Waals surface area (Å²) >= 11 is 0. The summed E-state index contributed by atoms with van der Waals surface area (Å²) in [7, 11) is 0. The van der Waals surface area contributed by atoms with Crippen LogP contribution >= 0.6 is 0 Å². The van der Waals surface area contributed by atoms with Gasteiger partial charge in [-0.2, -0.15) is 0 Å². The fraction of sp³-hybridized carbons (Fsp3) is 0.907. The van der Waals surface area contributed by atoms with Gasteiger partial charge in [-0.15, -0.1) is 0 Å². The monoisotopic (exact) mass is 1440 g/mol. The minimum atomic E-state index is -3.69. The molecule has 7 aliphatic heterocycles. The van der Waals surface area contributed by atoms with Crippen molar-refractivity contribution in [2.75, 3.05) is 39.6 Å². The van der Waals surface area contributed by atoms with E-state index in [1.807, 2.05) is 0 Å². The van der Waals surface area contributed by atoms with Crippen molar-refractivity contribution in [3.63, 3.8) is 0 Å². The number of rotatable bonds is 27. The van der Waals surface area contributed by atoms with Crippen molar-refractivity contribution in [3.05, 3.63) is 0 Å². The van der Waals surface area contributed by atoms with E-state index in [0.717, 1.165) is 20.8 Å². The van der Waals surface area contributed by atoms with Crippen molar-refractivity contribution in [1.29, 1.82) is 0 Å². The van der Waals surface area contributed by atoms with Crippen molar-refractivity contribution in [3.8, 4) is 0 Å². The normalized spacial score (nSPS) is 46.0. The molecule has 566 valence electrons. The number of carbonyl (C=O) groups is 5. The summed E-state index contributed by atoms with van der Waals surface area (Å²) in [5.41, 5.74) is 0. The average Bonchev–Trinajstić information content (AvgIpc) is 0.751. The minimum absolute atomic E-state index is 0.841. The molecule has 7 fully saturated rings. The highest BCUT2D eigenvalue weighted by Crippen LogP contribution is 2.43. The lowest BCUT2D eigenvalue weighted by molar-refractivity contribution is -0.405. The summed E-state index contributed by atoms with van der Waals surface area (Å²) in [5.74, 6) is -14.7. The zero-order valence-electron chi connectivity index (χ0n) is 52.5. The fourth-order valence-electron chi connectivity index (χ4n) is 12.5. The number of nitrogens with one attached hydrogen (secondary N) is 3. The van der Waals surface area contributed by atoms with Crippen molar-refractivity contribution >= 4 is 29.7 Å². The summed E-state index contributed by atoms with van der Waals surface area (Å²) in [5, 5.41) is 260. The summed E-state index contributed by atoms with van der Waals surface area (Å²) in [6.07, 6.45) is -73.5. The number of hydrogen-bond donors (Lipinski definition) is 26. The molecule has 1 unspecified atom stereocenters. The standard InChI is InChI=1S/C54H89N3O41/c1-13-28(70)33(75)37(79)48(86-13)94-45-34(76)30(72)20(8-59)89-50(45)93-41-27(57-16(4)66)47(88-21(9-60)31(41)73)92-40-24(12-63)90-49(91-39-23(11-62)87-46(81)36(78)35(39)77)38(80)44(40)98-54(52(84)85)6-18(68)26(56-15(3)65)43(97-54)32(74)22(10-61)95-53(51(82)83)5-17(67)25(55-14(2)64)42(96-53)29(71)19(69)7-58/h13,17-50,58-63,67-81H,5-12H2,1-4H3,(H,55,64)(H,56,65)(H,57,66)(H,82,83)(H,84,85)/t13-,17-,18-,19+,20+,21+,22+,23+,24+,25+,26+,27+,28+,29+,30-,31-,32+,33+,34-,35+,36+,37-,38+,39+,40-,41+,42+,43+,44+,45+,46?,47-,48-,49-,50-,53+,54-/m0/s1. The maximum absolute atomic E-state index is 14.1. The Bertz CT molecular complexity index is 2630. The third-order valence-corrected chi connectivity index (χ3v) is 17.7. The van der Waals surface area contributed by atoms with Crippen LogP contribution in [0.15, 0.2) is 0 Å². The lowest BCUT2D eigenvalue weighted by Crippen LogP contribution is -2.73. The predicted octanol–water partition coefficient (Wildman–Crippen LogP) is -16.4. The van der Waals surface area contributed by atoms with Crippen LogP contribution in [0.2, 0.25) is 0 Å². The smallest absolute Gasteiger partial charge is 0.364 e. The third-order valence-electron chi connectivity index (χ3n) is 17.7. The van der Waals surface area contributed by atoms with Gasteiger partial charge in [-0.05, 0) is 6.92 Å². The number of carboxylic acid groups (broad SMARTS) is 2. The van der Waals surface area contributed by atoms with Gasteiger partial charge in [0.05, 0.1) is 70.0 Å². The molecule has 3 amide bonds. The van der Waals surface area contributed by atoms with E-state index in [4.69, 9.17) is 61.6 Å². The number of ether oxygens (including phenoxy) is 13. The summed E-state index contributed by atoms with van der Waals surface area (Å²) < 4.78 is 75.9. The van der Waals surface area contributed by atoms with Crippen LogP contribution in [0.3, 0.4) is 0 Å². The van der Waals surface area contributed by atoms with Crippen LogP contribution in [0.4, 0.5) is 0 Å². The number of hydrogen-bond acceptors (Lipinski definition) is 39. The lowest BCUT2D eigenvalue weighted by Gasteiger charge is -2.53. The Morgan fingerprint density at radius 3 is 1.42 bits per heavy atom. The molecule has 7 rings (SSSR count). The highest BCUT2D eigenvalue weighted by atomic mass is 16.8. The van der Waals surface area contributed by atoms with E-state index < -0.39 is 308 Å². The van der Waals surface area contributed by atoms with Crippen LogP contribution in [-0.2, 0) is 85.6 Å². The molecule has 0 bridgehead atoms. The second-order valence-corrected chi connectivity index (χ2v) is 24.6. The highest BCUT2D eigenvalue weighted by molar-refractivity contribution is 5.77. The SMILES string of the molecule is CC(=O)N[C@H]1[C@H](O[C@@H]2[C@H](O[C@]3(C(=O)O)C[C@H](O)[C@@H](NC(C)=O)[C@H]([C@H](O)[C@@H](CO)O[C@]4(C(=O)O)C[C@H](O)[C@@H](NC(C)=O)[C@H]([C@H](O)[C@H](O)CO)O4)O3)[C@@H](O)[C@H](O[C@H]3[C@H](O)[C@@H](O)C(O)O[C@@H]3CO)O[C@@H]2CO)O[C@H](CO)[C@H](O)[C@@H]1O[C@@H]1O[C@H](CO)[C@H](O)[C@H](O)[C@H]1O[C@@H]1O[C@@H](C)[C@@H](O)[C@@H](O)[C@@H]1O. The summed E-state index contributed by atoms with van der Waals surface area (Å²) in [4.78, 5) is 65.8. The fourth-order valence-corrected chi connectivity index (χ4v) is 12.5. The van der Waals surface area contributed by atoms with E-state index >= 15 is 0 Å². The maximum Gasteiger partial charge on any atom is 0.364 e. The van der Waals surface area contributed by atoms with Gasteiger partial charge in [0.1, 0.15) is 153 Å². The van der Waals surface area contributed by atoms with Crippen LogP contribution in [0.25, 0.3) is 0 Å². The second kappa shape index (κ2) is 34.1. The molecule has 98 heavy (non-hydrogen) atoms. The summed E-state index contributed by atoms with van der Waals surface area (Å²) in [6, 6.07) is -6.01. The van der Waals surface area contributed by atoms with Gasteiger partial charge in [0.15, 0.2) is 31.5 Å². The largest absolute Gasteiger partial charge is 0.477 e. The van der Waals surface area contributed by atoms with Crippen LogP contribution in [0, 0.1) is 0 Å². The number of carbonyl (C=O) groups excluding carboxylic acids is 3. The van der Waals surface area contributed by atoms with E-state index in [-0.39, 0.29) is 0 Å². The van der Waals surface area contributed by atoms with Gasteiger partial charge < -0.3 is 195 Å². The molecule has 0 aromatic carbocycles. The molecule has 7 saturated heterocycles. The molecular formula is C54H89N3O41. The van der Waals surface area contributed by atoms with Crippen molar-refractivity contribution in [2.45, 2.75) is 266 Å². The molecule has 37 atom stereocenters. The van der Waals surface area contributed by atoms with E-state index in [2.05, 4.69) is 16.0 Å². The molecule has 0 radical (unpaired) electrons. The molecule has 7 aliphatic rings. The van der Waals surface area contributed by atoms with Gasteiger partial charge in [0, 0.05) is 33.6 Å². The maximum atomic E-state index is 14.1. The Hall–Kier alpha value is -4.01. The molecule has 0 aliphatic carbocycles. The van der Waals surface area contributed by atoms with Crippen LogP contribution in [-0.4, -0.2) is 413 Å². The van der Waals surface area contributed by atoms with Gasteiger partial charge in [0.25, 0.3) is 11.6 Å². The molecule has 0 saturated carbocycles. The number of aliphatic hydroxyl groups excluding tert-OH is 21. The highest BCUT2D eigenvalue weighted by Gasteiger charge is 2.64. The first-order chi connectivity index (χ1) is 46.0. The van der Waals surface area contributed by atoms with Crippen molar-refractivity contribution in [1.82, 2.24) is 16.0 Å². The first kappa shape index (κ1) is 81.3. The Labute approximate surface area is 553 Å². The summed E-state index contributed by atoms with van der Waals surface area (Å²) in [6.45, 7) is -3.78. The van der Waals surface area contributed by atoms with E-state index in [1.165, 1.54) is 6.92 Å². The minimum Gasteiger partial charge on any atom is -0.477 e. The van der Waals surface area contributed by atoms with E-state index in [1.54, 1.807) is 0 Å². The van der Waals surface area contributed by atoms with Gasteiger partial charge >= 0.3 is 11.9 Å². The van der Waals surface area contributed by atoms with Crippen LogP contribution in [0.1, 0.15) is 40.5 Å². The number of aliphatic carboxylic acids is 2. The quantitative estimate of drug-likeness (QED) is 0.0363.